The highest BCUT2D eigenvalue weighted by Crippen LogP contribution is 2.24. The van der Waals surface area contributed by atoms with Crippen molar-refractivity contribution < 1.29 is 0 Å². The van der Waals surface area contributed by atoms with Gasteiger partial charge in [0.15, 0.2) is 0 Å². The van der Waals surface area contributed by atoms with E-state index in [1.165, 1.54) is 49.7 Å². The Labute approximate surface area is 234 Å². The van der Waals surface area contributed by atoms with Crippen LogP contribution in [0.2, 0.25) is 0 Å². The van der Waals surface area contributed by atoms with Crippen LogP contribution in [0.5, 0.6) is 0 Å². The average Bonchev–Trinajstić information content (AvgIpc) is 2.94. The summed E-state index contributed by atoms with van der Waals surface area (Å²) in [5, 5.41) is 0. The third-order valence-electron chi connectivity index (χ3n) is 6.82. The molecular weight excluding hydrogens is 460 g/mol. The molecule has 0 fully saturated rings. The third kappa shape index (κ3) is 13.7. The summed E-state index contributed by atoms with van der Waals surface area (Å²) in [4.78, 5) is 10.2. The van der Waals surface area contributed by atoms with E-state index >= 15 is 0 Å². The molecule has 2 heteroatoms. The predicted octanol–water partition coefficient (Wildman–Crippen LogP) is 11.5. The maximum Gasteiger partial charge on any atom is 0.0665 e. The van der Waals surface area contributed by atoms with Gasteiger partial charge in [0.05, 0.1) is 17.1 Å². The van der Waals surface area contributed by atoms with Gasteiger partial charge in [-0.25, -0.2) is 0 Å². The maximum atomic E-state index is 5.19. The molecule has 0 spiro atoms. The lowest BCUT2D eigenvalue weighted by Crippen LogP contribution is -2.01. The Morgan fingerprint density at radius 3 is 1.79 bits per heavy atom. The van der Waals surface area contributed by atoms with Crippen LogP contribution in [-0.2, 0) is 12.8 Å². The first kappa shape index (κ1) is 31.5. The molecule has 2 rings (SSSR count). The zero-order valence-corrected chi connectivity index (χ0v) is 24.5. The molecule has 0 aliphatic carbocycles. The summed E-state index contributed by atoms with van der Waals surface area (Å²) in [5.74, 6) is 0. The van der Waals surface area contributed by atoms with Crippen molar-refractivity contribution in [3.63, 3.8) is 0 Å². The minimum absolute atomic E-state index is 0.979. The Balaban J connectivity index is 2.17. The molecule has 0 radical (unpaired) electrons. The van der Waals surface area contributed by atoms with Crippen molar-refractivity contribution in [1.29, 1.82) is 0 Å². The van der Waals surface area contributed by atoms with E-state index in [0.29, 0.717) is 0 Å². The number of unbranched alkanes of at least 4 members (excludes halogenated alkanes) is 7. The number of aryl methyl sites for hydroxylation is 2. The van der Waals surface area contributed by atoms with Crippen molar-refractivity contribution in [2.75, 3.05) is 0 Å². The summed E-state index contributed by atoms with van der Waals surface area (Å²) in [6, 6.07) is 17.3. The molecule has 2 nitrogen and oxygen atoms in total. The molecular formula is C36H52N2. The Morgan fingerprint density at radius 1 is 0.605 bits per heavy atom. The molecule has 0 unspecified atom stereocenters. The molecule has 206 valence electrons. The highest BCUT2D eigenvalue weighted by Gasteiger charge is 2.05. The molecule has 0 bridgehead atoms. The predicted molar refractivity (Wildman–Crippen MR) is 171 cm³/mol. The first-order valence-electron chi connectivity index (χ1n) is 15.4. The van der Waals surface area contributed by atoms with Crippen molar-refractivity contribution in [3.05, 3.63) is 84.0 Å². The number of benzene rings is 2. The van der Waals surface area contributed by atoms with Gasteiger partial charge in [0, 0.05) is 6.21 Å². The first-order valence-corrected chi connectivity index (χ1v) is 15.4. The van der Waals surface area contributed by atoms with Crippen LogP contribution >= 0.6 is 0 Å². The minimum Gasteiger partial charge on any atom is -0.255 e. The summed E-state index contributed by atoms with van der Waals surface area (Å²) in [5.41, 5.74) is 5.95. The van der Waals surface area contributed by atoms with Crippen LogP contribution in [0.15, 0.2) is 82.8 Å². The van der Waals surface area contributed by atoms with Gasteiger partial charge in [-0.15, -0.1) is 0 Å². The number of hydrogen-bond donors (Lipinski definition) is 0. The monoisotopic (exact) mass is 512 g/mol. The summed E-state index contributed by atoms with van der Waals surface area (Å²) in [7, 11) is 0. The van der Waals surface area contributed by atoms with Gasteiger partial charge in [-0.1, -0.05) is 114 Å². The molecule has 2 aromatic carbocycles. The zero-order chi connectivity index (χ0) is 27.1. The van der Waals surface area contributed by atoms with Gasteiger partial charge >= 0.3 is 0 Å². The second-order valence-electron chi connectivity index (χ2n) is 10.2. The van der Waals surface area contributed by atoms with E-state index in [1.54, 1.807) is 0 Å². The maximum absolute atomic E-state index is 5.19. The number of hydrogen-bond acceptors (Lipinski definition) is 2. The largest absolute Gasteiger partial charge is 0.255 e. The summed E-state index contributed by atoms with van der Waals surface area (Å²) >= 11 is 0. The van der Waals surface area contributed by atoms with Gasteiger partial charge in [-0.2, -0.15) is 0 Å². The molecule has 0 atom stereocenters. The van der Waals surface area contributed by atoms with Gasteiger partial charge in [-0.05, 0) is 87.5 Å². The number of para-hydroxylation sites is 2. The highest BCUT2D eigenvalue weighted by molar-refractivity contribution is 6.31. The first-order chi connectivity index (χ1) is 18.8. The van der Waals surface area contributed by atoms with Crippen molar-refractivity contribution in [1.82, 2.24) is 0 Å². The fourth-order valence-corrected chi connectivity index (χ4v) is 4.60. The van der Waals surface area contributed by atoms with Crippen LogP contribution in [0.4, 0.5) is 11.4 Å². The molecule has 38 heavy (non-hydrogen) atoms. The Morgan fingerprint density at radius 2 is 1.16 bits per heavy atom. The molecule has 0 saturated heterocycles. The Bertz CT molecular complexity index is 996. The normalized spacial score (nSPS) is 12.4. The molecule has 2 aromatic rings. The minimum atomic E-state index is 0.979. The van der Waals surface area contributed by atoms with Crippen LogP contribution in [0.1, 0.15) is 115 Å². The lowest BCUT2D eigenvalue weighted by atomic mass is 10.0. The molecule has 0 aliphatic rings. The second-order valence-corrected chi connectivity index (χ2v) is 10.2. The smallest absolute Gasteiger partial charge is 0.0665 e. The number of allylic oxidation sites excluding steroid dienone is 4. The lowest BCUT2D eigenvalue weighted by molar-refractivity contribution is 0.616. The highest BCUT2D eigenvalue weighted by atomic mass is 14.8. The van der Waals surface area contributed by atoms with Crippen molar-refractivity contribution in [2.24, 2.45) is 9.98 Å². The molecule has 0 heterocycles. The van der Waals surface area contributed by atoms with Crippen LogP contribution in [0, 0.1) is 0 Å². The summed E-state index contributed by atoms with van der Waals surface area (Å²) in [6.45, 7) is 6.66. The van der Waals surface area contributed by atoms with Crippen molar-refractivity contribution in [3.8, 4) is 0 Å². The van der Waals surface area contributed by atoms with E-state index in [1.807, 2.05) is 6.21 Å². The number of aliphatic imine (C=N–C) groups is 2. The standard InChI is InChI=1S/C36H52N2/c1-4-7-10-13-16-19-28-34(38-36-30-23-21-27-33(36)25-18-15-12-9-6-3)31-37-35-29-22-20-26-32(35)24-17-14-11-8-5-2/h8-9,11-12,20-23,26-27,29-31H,4-7,10,13-19,24-25,28H2,1-3H3. The molecule has 0 aromatic heterocycles. The second kappa shape index (κ2) is 21.2. The van der Waals surface area contributed by atoms with Gasteiger partial charge in [0.1, 0.15) is 0 Å². The Hall–Kier alpha value is -2.74. The fraction of sp³-hybridized carbons (Fsp3) is 0.500. The van der Waals surface area contributed by atoms with Crippen molar-refractivity contribution >= 4 is 23.3 Å². The van der Waals surface area contributed by atoms with E-state index in [2.05, 4.69) is 93.6 Å². The summed E-state index contributed by atoms with van der Waals surface area (Å²) < 4.78 is 0. The lowest BCUT2D eigenvalue weighted by Gasteiger charge is -2.08. The van der Waals surface area contributed by atoms with E-state index in [4.69, 9.17) is 9.98 Å². The summed E-state index contributed by atoms with van der Waals surface area (Å²) in [6.07, 6.45) is 28.8. The molecule has 0 aliphatic heterocycles. The quantitative estimate of drug-likeness (QED) is 0.0957. The average molecular weight is 513 g/mol. The van der Waals surface area contributed by atoms with Crippen LogP contribution in [0.25, 0.3) is 0 Å². The Kier molecular flexibility index (Phi) is 17.6. The molecule has 0 saturated carbocycles. The SMILES string of the molecule is CCC=CCCCc1ccccc1N=CC(CCCCCCCC)=Nc1ccccc1CCCC=CCC. The van der Waals surface area contributed by atoms with Gasteiger partial charge in [0.25, 0.3) is 0 Å². The zero-order valence-electron chi connectivity index (χ0n) is 24.5. The molecule has 0 amide bonds. The fourth-order valence-electron chi connectivity index (χ4n) is 4.60. The van der Waals surface area contributed by atoms with Crippen LogP contribution in [-0.4, -0.2) is 11.9 Å². The number of rotatable bonds is 20. The van der Waals surface area contributed by atoms with Gasteiger partial charge in [0.2, 0.25) is 0 Å². The topological polar surface area (TPSA) is 24.7 Å². The third-order valence-corrected chi connectivity index (χ3v) is 6.82. The van der Waals surface area contributed by atoms with E-state index in [-0.39, 0.29) is 0 Å². The van der Waals surface area contributed by atoms with E-state index in [9.17, 15) is 0 Å². The van der Waals surface area contributed by atoms with Gasteiger partial charge in [-0.3, -0.25) is 9.98 Å². The van der Waals surface area contributed by atoms with Gasteiger partial charge < -0.3 is 0 Å². The van der Waals surface area contributed by atoms with E-state index < -0.39 is 0 Å². The van der Waals surface area contributed by atoms with Crippen LogP contribution < -0.4 is 0 Å². The van der Waals surface area contributed by atoms with Crippen molar-refractivity contribution in [2.45, 2.75) is 117 Å². The number of nitrogens with zero attached hydrogens (tertiary/aromatic N) is 2. The van der Waals surface area contributed by atoms with Crippen LogP contribution in [0.3, 0.4) is 0 Å². The van der Waals surface area contributed by atoms with E-state index in [0.717, 1.165) is 74.9 Å². The molecule has 0 N–H and O–H groups in total.